The van der Waals surface area contributed by atoms with Gasteiger partial charge in [0.25, 0.3) is 0 Å². The molecule has 0 bridgehead atoms. The third kappa shape index (κ3) is 5.32. The van der Waals surface area contributed by atoms with Crippen LogP contribution in [0.3, 0.4) is 0 Å². The Morgan fingerprint density at radius 2 is 1.96 bits per heavy atom. The zero-order chi connectivity index (χ0) is 18.4. The molecule has 2 saturated heterocycles. The molecule has 2 aliphatic heterocycles. The molecule has 0 saturated carbocycles. The molecule has 142 valence electrons. The first-order valence-electron chi connectivity index (χ1n) is 9.63. The van der Waals surface area contributed by atoms with E-state index in [-0.39, 0.29) is 24.3 Å². The van der Waals surface area contributed by atoms with Gasteiger partial charge in [-0.3, -0.25) is 4.90 Å². The van der Waals surface area contributed by atoms with Crippen molar-refractivity contribution in [1.82, 2.24) is 9.80 Å². The summed E-state index contributed by atoms with van der Waals surface area (Å²) in [4.78, 5) is 16.7. The molecule has 2 aliphatic rings. The predicted octanol–water partition coefficient (Wildman–Crippen LogP) is 3.45. The Kier molecular flexibility index (Phi) is 6.69. The summed E-state index contributed by atoms with van der Waals surface area (Å²) in [6, 6.07) is 9.96. The molecule has 5 nitrogen and oxygen atoms in total. The quantitative estimate of drug-likeness (QED) is 0.756. The molecule has 0 spiro atoms. The summed E-state index contributed by atoms with van der Waals surface area (Å²) in [5.41, 5.74) is 1.02. The van der Waals surface area contributed by atoms with Gasteiger partial charge in [-0.05, 0) is 32.3 Å². The van der Waals surface area contributed by atoms with E-state index in [1.54, 1.807) is 0 Å². The number of hydrogen-bond donors (Lipinski definition) is 0. The second kappa shape index (κ2) is 9.19. The fraction of sp³-hybridized carbons (Fsp3) is 0.571. The van der Waals surface area contributed by atoms with Gasteiger partial charge in [0.2, 0.25) is 0 Å². The Hall–Kier alpha value is -1.85. The van der Waals surface area contributed by atoms with Crippen molar-refractivity contribution in [2.75, 3.05) is 26.2 Å². The molecule has 3 rings (SSSR count). The monoisotopic (exact) mass is 358 g/mol. The number of carbonyl (C=O) groups excluding carboxylic acids is 1. The number of rotatable bonds is 5. The maximum atomic E-state index is 12.4. The molecule has 3 atom stereocenters. The van der Waals surface area contributed by atoms with Crippen LogP contribution in [-0.2, 0) is 16.1 Å². The lowest BCUT2D eigenvalue weighted by atomic mass is 10.2. The maximum absolute atomic E-state index is 12.4. The number of morpholine rings is 1. The Morgan fingerprint density at radius 1 is 1.23 bits per heavy atom. The first-order valence-corrected chi connectivity index (χ1v) is 9.63. The third-order valence-corrected chi connectivity index (χ3v) is 4.96. The largest absolute Gasteiger partial charge is 0.445 e. The van der Waals surface area contributed by atoms with Crippen molar-refractivity contribution in [3.05, 3.63) is 48.0 Å². The minimum absolute atomic E-state index is 0.147. The van der Waals surface area contributed by atoms with Crippen molar-refractivity contribution in [3.63, 3.8) is 0 Å². The lowest BCUT2D eigenvalue weighted by Gasteiger charge is -2.34. The molecule has 0 radical (unpaired) electrons. The number of carbonyl (C=O) groups is 1. The fourth-order valence-corrected chi connectivity index (χ4v) is 3.82. The van der Waals surface area contributed by atoms with Crippen LogP contribution in [0.5, 0.6) is 0 Å². The van der Waals surface area contributed by atoms with Crippen LogP contribution in [0.4, 0.5) is 4.79 Å². The zero-order valence-corrected chi connectivity index (χ0v) is 15.8. The van der Waals surface area contributed by atoms with E-state index in [0.717, 1.165) is 44.6 Å². The molecule has 0 unspecified atom stereocenters. The highest BCUT2D eigenvalue weighted by atomic mass is 16.6. The molecule has 1 amide bonds. The van der Waals surface area contributed by atoms with Crippen LogP contribution in [0.25, 0.3) is 0 Å². The molecule has 2 fully saturated rings. The summed E-state index contributed by atoms with van der Waals surface area (Å²) in [6.07, 6.45) is 6.74. The highest BCUT2D eigenvalue weighted by Gasteiger charge is 2.28. The minimum Gasteiger partial charge on any atom is -0.445 e. The molecule has 5 heteroatoms. The lowest BCUT2D eigenvalue weighted by Crippen LogP contribution is -2.45. The average Bonchev–Trinajstić information content (AvgIpc) is 3.08. The number of likely N-dealkylation sites (tertiary alicyclic amines) is 1. The van der Waals surface area contributed by atoms with Gasteiger partial charge < -0.3 is 14.4 Å². The maximum Gasteiger partial charge on any atom is 0.410 e. The van der Waals surface area contributed by atoms with Crippen molar-refractivity contribution < 1.29 is 14.3 Å². The van der Waals surface area contributed by atoms with Crippen LogP contribution in [0.2, 0.25) is 0 Å². The predicted molar refractivity (Wildman–Crippen MR) is 102 cm³/mol. The summed E-state index contributed by atoms with van der Waals surface area (Å²) >= 11 is 0. The van der Waals surface area contributed by atoms with E-state index < -0.39 is 0 Å². The molecule has 2 heterocycles. The summed E-state index contributed by atoms with van der Waals surface area (Å²) < 4.78 is 11.3. The lowest BCUT2D eigenvalue weighted by molar-refractivity contribution is -0.0646. The van der Waals surface area contributed by atoms with E-state index in [1.165, 1.54) is 0 Å². The fourth-order valence-electron chi connectivity index (χ4n) is 3.82. The van der Waals surface area contributed by atoms with E-state index in [2.05, 4.69) is 30.9 Å². The number of ether oxygens (including phenoxy) is 2. The van der Waals surface area contributed by atoms with E-state index in [9.17, 15) is 4.79 Å². The summed E-state index contributed by atoms with van der Waals surface area (Å²) in [7, 11) is 0. The number of amides is 1. The molecule has 0 aliphatic carbocycles. The summed E-state index contributed by atoms with van der Waals surface area (Å²) in [6.45, 7) is 8.16. The first-order chi connectivity index (χ1) is 12.6. The van der Waals surface area contributed by atoms with Gasteiger partial charge in [0, 0.05) is 26.2 Å². The van der Waals surface area contributed by atoms with Gasteiger partial charge in [-0.1, -0.05) is 42.5 Å². The zero-order valence-electron chi connectivity index (χ0n) is 15.8. The molecule has 1 aromatic rings. The van der Waals surface area contributed by atoms with Gasteiger partial charge in [0.15, 0.2) is 0 Å². The molecular formula is C21H30N2O3. The van der Waals surface area contributed by atoms with Gasteiger partial charge in [-0.15, -0.1) is 0 Å². The van der Waals surface area contributed by atoms with Crippen molar-refractivity contribution in [2.24, 2.45) is 0 Å². The third-order valence-electron chi connectivity index (χ3n) is 4.96. The van der Waals surface area contributed by atoms with E-state index in [4.69, 9.17) is 9.47 Å². The summed E-state index contributed by atoms with van der Waals surface area (Å²) in [5, 5.41) is 0. The van der Waals surface area contributed by atoms with Gasteiger partial charge in [0.05, 0.1) is 18.2 Å². The van der Waals surface area contributed by atoms with Crippen molar-refractivity contribution in [2.45, 2.75) is 51.5 Å². The van der Waals surface area contributed by atoms with E-state index in [0.29, 0.717) is 6.61 Å². The number of hydrogen-bond acceptors (Lipinski definition) is 4. The van der Waals surface area contributed by atoms with Crippen LogP contribution in [-0.4, -0.2) is 60.3 Å². The molecule has 1 aromatic carbocycles. The highest BCUT2D eigenvalue weighted by molar-refractivity contribution is 5.68. The number of benzene rings is 1. The van der Waals surface area contributed by atoms with Crippen LogP contribution >= 0.6 is 0 Å². The average molecular weight is 358 g/mol. The second-order valence-corrected chi connectivity index (χ2v) is 7.35. The summed E-state index contributed by atoms with van der Waals surface area (Å²) in [5.74, 6) is 0. The standard InChI is InChI=1S/C21H30N2O3/c1-17-14-22(15-18(2)26-17)12-6-10-20-11-7-13-23(20)21(24)25-16-19-8-4-3-5-9-19/h3-6,8-10,17-18,20H,7,11-16H2,1-2H3/b10-6+/t17-,18+,20-/m0/s1. The first kappa shape index (κ1) is 18.9. The van der Waals surface area contributed by atoms with E-state index in [1.807, 2.05) is 35.2 Å². The van der Waals surface area contributed by atoms with Crippen LogP contribution in [0.1, 0.15) is 32.3 Å². The molecule has 0 aromatic heterocycles. The number of nitrogens with zero attached hydrogens (tertiary/aromatic N) is 2. The smallest absolute Gasteiger partial charge is 0.410 e. The molecular weight excluding hydrogens is 328 g/mol. The van der Waals surface area contributed by atoms with Crippen molar-refractivity contribution in [1.29, 1.82) is 0 Å². The van der Waals surface area contributed by atoms with Crippen LogP contribution in [0, 0.1) is 0 Å². The van der Waals surface area contributed by atoms with Crippen molar-refractivity contribution >= 4 is 6.09 Å². The van der Waals surface area contributed by atoms with Gasteiger partial charge in [-0.2, -0.15) is 0 Å². The van der Waals surface area contributed by atoms with Crippen molar-refractivity contribution in [3.8, 4) is 0 Å². The van der Waals surface area contributed by atoms with Crippen LogP contribution < -0.4 is 0 Å². The Balaban J connectivity index is 1.47. The minimum atomic E-state index is -0.213. The Morgan fingerprint density at radius 3 is 2.69 bits per heavy atom. The normalized spacial score (nSPS) is 27.2. The molecule has 0 N–H and O–H groups in total. The van der Waals surface area contributed by atoms with Gasteiger partial charge in [0.1, 0.15) is 6.61 Å². The second-order valence-electron chi connectivity index (χ2n) is 7.35. The highest BCUT2D eigenvalue weighted by Crippen LogP contribution is 2.20. The van der Waals surface area contributed by atoms with Gasteiger partial charge >= 0.3 is 6.09 Å². The van der Waals surface area contributed by atoms with Crippen LogP contribution in [0.15, 0.2) is 42.5 Å². The SMILES string of the molecule is C[C@@H]1CN(C/C=C/[C@H]2CCCN2C(=O)OCc2ccccc2)C[C@H](C)O1. The topological polar surface area (TPSA) is 42.0 Å². The Labute approximate surface area is 156 Å². The molecule has 26 heavy (non-hydrogen) atoms. The van der Waals surface area contributed by atoms with Gasteiger partial charge in [-0.25, -0.2) is 4.79 Å². The Bertz CT molecular complexity index is 595. The van der Waals surface area contributed by atoms with E-state index >= 15 is 0 Å².